The molecule has 159 valence electrons. The van der Waals surface area contributed by atoms with E-state index in [0.717, 1.165) is 24.5 Å². The lowest BCUT2D eigenvalue weighted by Gasteiger charge is -2.26. The molecule has 7 nitrogen and oxygen atoms in total. The molecule has 2 amide bonds. The zero-order valence-electron chi connectivity index (χ0n) is 17.0. The number of hydrogen-bond acceptors (Lipinski definition) is 6. The minimum absolute atomic E-state index is 0.262. The fraction of sp³-hybridized carbons (Fsp3) is 0.208. The summed E-state index contributed by atoms with van der Waals surface area (Å²) < 4.78 is 7.79. The lowest BCUT2D eigenvalue weighted by molar-refractivity contribution is 0.0281. The van der Waals surface area contributed by atoms with Gasteiger partial charge in [0.1, 0.15) is 6.33 Å². The SMILES string of the molecule is O=C1c2ccccc2C(=O)N1N1[C@H]2[C](OC(=S)n3ccnc3)CCC[C@]21c1ccccc1. The first-order valence-corrected chi connectivity index (χ1v) is 10.9. The van der Waals surface area contributed by atoms with E-state index in [9.17, 15) is 9.59 Å². The highest BCUT2D eigenvalue weighted by molar-refractivity contribution is 7.80. The Morgan fingerprint density at radius 2 is 1.72 bits per heavy atom. The van der Waals surface area contributed by atoms with Crippen LogP contribution in [0, 0.1) is 6.10 Å². The van der Waals surface area contributed by atoms with Gasteiger partial charge in [0.05, 0.1) is 22.7 Å². The Labute approximate surface area is 190 Å². The largest absolute Gasteiger partial charge is 0.458 e. The number of carbonyl (C=O) groups is 2. The monoisotopic (exact) mass is 443 g/mol. The number of hydrogen-bond donors (Lipinski definition) is 0. The van der Waals surface area contributed by atoms with Gasteiger partial charge in [-0.3, -0.25) is 14.2 Å². The van der Waals surface area contributed by atoms with E-state index in [-0.39, 0.29) is 23.0 Å². The van der Waals surface area contributed by atoms with Gasteiger partial charge in [-0.1, -0.05) is 42.5 Å². The molecule has 1 aliphatic carbocycles. The average molecular weight is 444 g/mol. The van der Waals surface area contributed by atoms with Crippen LogP contribution in [0.15, 0.2) is 73.3 Å². The first-order chi connectivity index (χ1) is 15.6. The number of thiocarbonyl (C=S) groups is 1. The number of fused-ring (bicyclic) bond motifs is 2. The van der Waals surface area contributed by atoms with Gasteiger partial charge in [0, 0.05) is 12.4 Å². The van der Waals surface area contributed by atoms with Crippen LogP contribution in [0.5, 0.6) is 0 Å². The average Bonchev–Trinajstić information content (AvgIpc) is 3.11. The molecule has 2 aliphatic heterocycles. The molecule has 2 aromatic carbocycles. The van der Waals surface area contributed by atoms with Gasteiger partial charge < -0.3 is 4.74 Å². The van der Waals surface area contributed by atoms with E-state index in [0.29, 0.717) is 17.5 Å². The Balaban J connectivity index is 1.39. The van der Waals surface area contributed by atoms with Crippen molar-refractivity contribution >= 4 is 29.2 Å². The van der Waals surface area contributed by atoms with Crippen molar-refractivity contribution in [3.63, 3.8) is 0 Å². The van der Waals surface area contributed by atoms with E-state index in [1.807, 2.05) is 35.3 Å². The number of amides is 2. The van der Waals surface area contributed by atoms with Crippen LogP contribution in [-0.4, -0.2) is 42.6 Å². The van der Waals surface area contributed by atoms with Crippen LogP contribution in [-0.2, 0) is 10.3 Å². The summed E-state index contributed by atoms with van der Waals surface area (Å²) in [6, 6.07) is 16.7. The molecule has 32 heavy (non-hydrogen) atoms. The van der Waals surface area contributed by atoms with E-state index >= 15 is 0 Å². The van der Waals surface area contributed by atoms with Crippen molar-refractivity contribution in [2.75, 3.05) is 0 Å². The molecule has 3 heterocycles. The second kappa shape index (κ2) is 7.08. The van der Waals surface area contributed by atoms with Gasteiger partial charge in [0.2, 0.25) is 0 Å². The molecular weight excluding hydrogens is 424 g/mol. The maximum Gasteiger partial charge on any atom is 0.276 e. The van der Waals surface area contributed by atoms with E-state index < -0.39 is 5.54 Å². The van der Waals surface area contributed by atoms with Crippen LogP contribution in [0.25, 0.3) is 0 Å². The van der Waals surface area contributed by atoms with E-state index in [1.54, 1.807) is 47.6 Å². The number of imidazole rings is 1. The van der Waals surface area contributed by atoms with E-state index in [2.05, 4.69) is 4.98 Å². The zero-order chi connectivity index (χ0) is 21.9. The molecule has 2 fully saturated rings. The normalized spacial score (nSPS) is 26.6. The molecule has 0 bridgehead atoms. The Morgan fingerprint density at radius 1 is 1.03 bits per heavy atom. The molecule has 6 rings (SSSR count). The number of hydrazine groups is 1. The van der Waals surface area contributed by atoms with Crippen molar-refractivity contribution in [2.45, 2.75) is 30.8 Å². The summed E-state index contributed by atoms with van der Waals surface area (Å²) >= 11 is 5.47. The quantitative estimate of drug-likeness (QED) is 0.351. The van der Waals surface area contributed by atoms with Crippen molar-refractivity contribution in [1.29, 1.82) is 0 Å². The first-order valence-electron chi connectivity index (χ1n) is 10.5. The standard InChI is InChI=1S/C24H19N4O3S/c29-21-17-9-4-5-10-18(17)22(30)27(21)28-20-19(31-23(32)26-14-13-25-15-26)11-6-12-24(20,28)16-7-2-1-3-8-16/h1-5,7-10,13-15,20H,6,11-12H2/t20-,24-,28?/m0/s1. The number of carbonyl (C=O) groups excluding carboxylic acids is 2. The smallest absolute Gasteiger partial charge is 0.276 e. The Hall–Kier alpha value is -3.36. The minimum atomic E-state index is -0.521. The van der Waals surface area contributed by atoms with Crippen molar-refractivity contribution in [3.8, 4) is 0 Å². The molecule has 0 spiro atoms. The number of aromatic nitrogens is 2. The molecule has 1 saturated carbocycles. The second-order valence-electron chi connectivity index (χ2n) is 8.16. The molecular formula is C24H19N4O3S. The molecule has 3 atom stereocenters. The van der Waals surface area contributed by atoms with Gasteiger partial charge >= 0.3 is 0 Å². The maximum atomic E-state index is 13.3. The lowest BCUT2D eigenvalue weighted by atomic mass is 9.82. The minimum Gasteiger partial charge on any atom is -0.458 e. The number of ether oxygens (including phenoxy) is 1. The summed E-state index contributed by atoms with van der Waals surface area (Å²) in [5.74, 6) is -0.598. The van der Waals surface area contributed by atoms with E-state index in [4.69, 9.17) is 17.0 Å². The van der Waals surface area contributed by atoms with E-state index in [1.165, 1.54) is 5.01 Å². The van der Waals surface area contributed by atoms with Gasteiger partial charge in [-0.25, -0.2) is 9.99 Å². The van der Waals surface area contributed by atoms with Gasteiger partial charge in [-0.15, -0.1) is 0 Å². The van der Waals surface area contributed by atoms with Crippen LogP contribution in [0.2, 0.25) is 0 Å². The molecule has 1 radical (unpaired) electrons. The van der Waals surface area contributed by atoms with Crippen LogP contribution in [0.3, 0.4) is 0 Å². The van der Waals surface area contributed by atoms with Crippen LogP contribution >= 0.6 is 12.2 Å². The molecule has 1 saturated heterocycles. The summed E-state index contributed by atoms with van der Waals surface area (Å²) in [6.45, 7) is 0. The zero-order valence-corrected chi connectivity index (χ0v) is 17.9. The Kier molecular flexibility index (Phi) is 4.28. The summed E-state index contributed by atoms with van der Waals surface area (Å²) in [5, 5.41) is 3.47. The maximum absolute atomic E-state index is 13.3. The number of rotatable bonds is 3. The summed E-state index contributed by atoms with van der Waals surface area (Å²) in [5.41, 5.74) is 1.39. The van der Waals surface area contributed by atoms with Gasteiger partial charge in [0.25, 0.3) is 17.0 Å². The number of nitrogens with zero attached hydrogens (tertiary/aromatic N) is 4. The molecule has 0 N–H and O–H groups in total. The van der Waals surface area contributed by atoms with Crippen molar-refractivity contribution in [2.24, 2.45) is 0 Å². The number of imide groups is 1. The van der Waals surface area contributed by atoms with Gasteiger partial charge in [-0.2, -0.15) is 5.01 Å². The molecule has 1 aromatic heterocycles. The highest BCUT2D eigenvalue weighted by atomic mass is 32.1. The molecule has 1 unspecified atom stereocenters. The van der Waals surface area contributed by atoms with Crippen molar-refractivity contribution in [3.05, 3.63) is 96.1 Å². The summed E-state index contributed by atoms with van der Waals surface area (Å²) in [6.07, 6.45) is 8.07. The third-order valence-electron chi connectivity index (χ3n) is 6.52. The van der Waals surface area contributed by atoms with Gasteiger partial charge in [-0.05, 0) is 49.2 Å². The number of benzene rings is 2. The van der Waals surface area contributed by atoms with Crippen molar-refractivity contribution < 1.29 is 14.3 Å². The summed E-state index contributed by atoms with van der Waals surface area (Å²) in [7, 11) is 0. The lowest BCUT2D eigenvalue weighted by Crippen LogP contribution is -2.39. The molecule has 8 heteroatoms. The highest BCUT2D eigenvalue weighted by Crippen LogP contribution is 2.62. The topological polar surface area (TPSA) is 67.4 Å². The second-order valence-corrected chi connectivity index (χ2v) is 8.51. The van der Waals surface area contributed by atoms with Crippen LogP contribution < -0.4 is 0 Å². The fourth-order valence-corrected chi connectivity index (χ4v) is 5.32. The fourth-order valence-electron chi connectivity index (χ4n) is 5.11. The third-order valence-corrected chi connectivity index (χ3v) is 6.81. The van der Waals surface area contributed by atoms with Crippen molar-refractivity contribution in [1.82, 2.24) is 19.6 Å². The molecule has 3 aliphatic rings. The predicted molar refractivity (Wildman–Crippen MR) is 119 cm³/mol. The van der Waals surface area contributed by atoms with Crippen LogP contribution in [0.4, 0.5) is 0 Å². The van der Waals surface area contributed by atoms with Gasteiger partial charge in [0.15, 0.2) is 6.10 Å². The Bertz CT molecular complexity index is 1190. The first kappa shape index (κ1) is 19.3. The highest BCUT2D eigenvalue weighted by Gasteiger charge is 2.74. The van der Waals surface area contributed by atoms with Crippen LogP contribution in [0.1, 0.15) is 45.5 Å². The summed E-state index contributed by atoms with van der Waals surface area (Å²) in [4.78, 5) is 30.6. The molecule has 3 aromatic rings. The predicted octanol–water partition coefficient (Wildman–Crippen LogP) is 3.54. The Morgan fingerprint density at radius 3 is 2.38 bits per heavy atom. The third kappa shape index (κ3) is 2.63.